The van der Waals surface area contributed by atoms with E-state index in [1.54, 1.807) is 0 Å². The molecule has 0 bridgehead atoms. The Morgan fingerprint density at radius 2 is 2.10 bits per heavy atom. The number of carboxylic acid groups (broad SMARTS) is 1. The number of hydrogen-bond donors (Lipinski definition) is 1. The zero-order valence-corrected chi connectivity index (χ0v) is 11.4. The fraction of sp³-hybridized carbons (Fsp3) is 0.200. The van der Waals surface area contributed by atoms with E-state index in [0.717, 1.165) is 11.1 Å². The number of nitrogens with zero attached hydrogens (tertiary/aromatic N) is 2. The molecule has 0 saturated carbocycles. The molecule has 6 nitrogen and oxygen atoms in total. The first kappa shape index (κ1) is 14.6. The number of aryl methyl sites for hydroxylation is 1. The third-order valence-corrected chi connectivity index (χ3v) is 3.32. The van der Waals surface area contributed by atoms with Gasteiger partial charge in [0.25, 0.3) is 5.69 Å². The fourth-order valence-electron chi connectivity index (χ4n) is 2.12. The molecule has 2 aromatic rings. The molecule has 0 radical (unpaired) electrons. The molecule has 2 rings (SSSR count). The van der Waals surface area contributed by atoms with Crippen molar-refractivity contribution in [1.82, 2.24) is 4.98 Å². The molecular weight excluding hydrogens is 272 g/mol. The van der Waals surface area contributed by atoms with Crippen molar-refractivity contribution in [2.24, 2.45) is 0 Å². The number of carbonyl (C=O) groups is 1. The zero-order chi connectivity index (χ0) is 15.4. The van der Waals surface area contributed by atoms with Crippen LogP contribution in [-0.2, 0) is 11.2 Å². The molecule has 1 aromatic carbocycles. The Kier molecular flexibility index (Phi) is 4.27. The van der Waals surface area contributed by atoms with Gasteiger partial charge in [0.15, 0.2) is 0 Å². The summed E-state index contributed by atoms with van der Waals surface area (Å²) in [5.74, 6) is -1.96. The van der Waals surface area contributed by atoms with Gasteiger partial charge in [-0.15, -0.1) is 0 Å². The Morgan fingerprint density at radius 3 is 2.71 bits per heavy atom. The normalized spacial score (nSPS) is 11.9. The summed E-state index contributed by atoms with van der Waals surface area (Å²) < 4.78 is 0. The van der Waals surface area contributed by atoms with Crippen molar-refractivity contribution in [1.29, 1.82) is 0 Å². The van der Waals surface area contributed by atoms with Crippen LogP contribution in [0.15, 0.2) is 42.6 Å². The minimum atomic E-state index is -1.05. The van der Waals surface area contributed by atoms with Gasteiger partial charge >= 0.3 is 5.97 Å². The lowest BCUT2D eigenvalue weighted by Gasteiger charge is -2.13. The lowest BCUT2D eigenvalue weighted by atomic mass is 9.93. The van der Waals surface area contributed by atoms with E-state index >= 15 is 0 Å². The lowest BCUT2D eigenvalue weighted by molar-refractivity contribution is -0.385. The molecule has 1 aromatic heterocycles. The van der Waals surface area contributed by atoms with Crippen LogP contribution < -0.4 is 0 Å². The Balaban J connectivity index is 2.36. The average Bonchev–Trinajstić information content (AvgIpc) is 2.46. The van der Waals surface area contributed by atoms with Crippen molar-refractivity contribution >= 4 is 11.7 Å². The van der Waals surface area contributed by atoms with Crippen LogP contribution in [0.2, 0.25) is 0 Å². The molecule has 0 aliphatic rings. The van der Waals surface area contributed by atoms with E-state index in [2.05, 4.69) is 4.98 Å². The summed E-state index contributed by atoms with van der Waals surface area (Å²) >= 11 is 0. The van der Waals surface area contributed by atoms with E-state index in [9.17, 15) is 20.0 Å². The van der Waals surface area contributed by atoms with Crippen molar-refractivity contribution in [2.45, 2.75) is 19.3 Å². The topological polar surface area (TPSA) is 93.3 Å². The maximum Gasteiger partial charge on any atom is 0.312 e. The number of aromatic nitrogens is 1. The lowest BCUT2D eigenvalue weighted by Crippen LogP contribution is -2.16. The molecule has 0 fully saturated rings. The predicted molar refractivity (Wildman–Crippen MR) is 76.2 cm³/mol. The third kappa shape index (κ3) is 3.42. The molecule has 0 saturated heterocycles. The predicted octanol–water partition coefficient (Wildman–Crippen LogP) is 2.71. The number of nitro groups is 1. The van der Waals surface area contributed by atoms with Crippen LogP contribution in [0.3, 0.4) is 0 Å². The summed E-state index contributed by atoms with van der Waals surface area (Å²) in [4.78, 5) is 25.7. The summed E-state index contributed by atoms with van der Waals surface area (Å²) in [5, 5.41) is 20.2. The van der Waals surface area contributed by atoms with Crippen molar-refractivity contribution in [3.8, 4) is 0 Å². The van der Waals surface area contributed by atoms with Gasteiger partial charge in [0.05, 0.1) is 10.6 Å². The number of hydrogen-bond acceptors (Lipinski definition) is 4. The molecule has 1 N–H and O–H groups in total. The van der Waals surface area contributed by atoms with Crippen molar-refractivity contribution in [2.75, 3.05) is 0 Å². The fourth-order valence-corrected chi connectivity index (χ4v) is 2.12. The van der Waals surface area contributed by atoms with Crippen LogP contribution in [0.25, 0.3) is 0 Å². The smallest absolute Gasteiger partial charge is 0.312 e. The molecule has 6 heteroatoms. The monoisotopic (exact) mass is 286 g/mol. The number of benzene rings is 1. The molecular formula is C15H14N2O4. The summed E-state index contributed by atoms with van der Waals surface area (Å²) in [7, 11) is 0. The van der Waals surface area contributed by atoms with Gasteiger partial charge in [-0.05, 0) is 24.5 Å². The Morgan fingerprint density at radius 1 is 1.38 bits per heavy atom. The van der Waals surface area contributed by atoms with Gasteiger partial charge in [-0.25, -0.2) is 0 Å². The van der Waals surface area contributed by atoms with Crippen molar-refractivity contribution in [3.05, 3.63) is 69.5 Å². The Labute approximate surface area is 121 Å². The number of pyridine rings is 1. The minimum absolute atomic E-state index is 0.156. The number of carboxylic acids is 1. The average molecular weight is 286 g/mol. The summed E-state index contributed by atoms with van der Waals surface area (Å²) in [6.07, 6.45) is 1.51. The second-order valence-electron chi connectivity index (χ2n) is 4.72. The van der Waals surface area contributed by atoms with E-state index in [1.165, 1.54) is 18.3 Å². The standard InChI is InChI=1S/C15H14N2O4/c1-10-4-2-3-5-11(10)8-13(15(18)19)14-9-12(17(20)21)6-7-16-14/h2-7,9,13H,8H2,1H3,(H,18,19). The van der Waals surface area contributed by atoms with Crippen LogP contribution >= 0.6 is 0 Å². The first-order chi connectivity index (χ1) is 9.99. The van der Waals surface area contributed by atoms with Crippen LogP contribution in [0.5, 0.6) is 0 Å². The van der Waals surface area contributed by atoms with Gasteiger partial charge in [-0.2, -0.15) is 0 Å². The maximum absolute atomic E-state index is 11.5. The van der Waals surface area contributed by atoms with E-state index in [-0.39, 0.29) is 17.8 Å². The highest BCUT2D eigenvalue weighted by Gasteiger charge is 2.24. The van der Waals surface area contributed by atoms with Gasteiger partial charge < -0.3 is 5.11 Å². The van der Waals surface area contributed by atoms with Gasteiger partial charge in [-0.1, -0.05) is 24.3 Å². The molecule has 1 atom stereocenters. The molecule has 0 aliphatic heterocycles. The third-order valence-electron chi connectivity index (χ3n) is 3.32. The van der Waals surface area contributed by atoms with Crippen LogP contribution in [0, 0.1) is 17.0 Å². The Bertz CT molecular complexity index is 685. The summed E-state index contributed by atoms with van der Waals surface area (Å²) in [6, 6.07) is 9.92. The van der Waals surface area contributed by atoms with E-state index in [1.807, 2.05) is 31.2 Å². The van der Waals surface area contributed by atoms with Crippen molar-refractivity contribution < 1.29 is 14.8 Å². The van der Waals surface area contributed by atoms with E-state index in [4.69, 9.17) is 0 Å². The molecule has 1 heterocycles. The van der Waals surface area contributed by atoms with Crippen molar-refractivity contribution in [3.63, 3.8) is 0 Å². The molecule has 0 spiro atoms. The molecule has 108 valence electrons. The Hall–Kier alpha value is -2.76. The van der Waals surface area contributed by atoms with Gasteiger partial charge in [0, 0.05) is 18.3 Å². The second kappa shape index (κ2) is 6.13. The molecule has 21 heavy (non-hydrogen) atoms. The van der Waals surface area contributed by atoms with Gasteiger partial charge in [0.1, 0.15) is 5.92 Å². The minimum Gasteiger partial charge on any atom is -0.481 e. The largest absolute Gasteiger partial charge is 0.481 e. The van der Waals surface area contributed by atoms with Gasteiger partial charge in [0.2, 0.25) is 0 Å². The van der Waals surface area contributed by atoms with E-state index in [0.29, 0.717) is 0 Å². The summed E-state index contributed by atoms with van der Waals surface area (Å²) in [6.45, 7) is 1.90. The highest BCUT2D eigenvalue weighted by Crippen LogP contribution is 2.24. The first-order valence-corrected chi connectivity index (χ1v) is 6.36. The van der Waals surface area contributed by atoms with Gasteiger partial charge in [-0.3, -0.25) is 19.9 Å². The van der Waals surface area contributed by atoms with E-state index < -0.39 is 16.8 Å². The van der Waals surface area contributed by atoms with Crippen LogP contribution in [0.1, 0.15) is 22.7 Å². The quantitative estimate of drug-likeness (QED) is 0.673. The highest BCUT2D eigenvalue weighted by atomic mass is 16.6. The zero-order valence-electron chi connectivity index (χ0n) is 11.4. The highest BCUT2D eigenvalue weighted by molar-refractivity contribution is 5.76. The molecule has 1 unspecified atom stereocenters. The van der Waals surface area contributed by atoms with Crippen LogP contribution in [0.4, 0.5) is 5.69 Å². The SMILES string of the molecule is Cc1ccccc1CC(C(=O)O)c1cc([N+](=O)[O-])ccn1. The maximum atomic E-state index is 11.5. The second-order valence-corrected chi connectivity index (χ2v) is 4.72. The van der Waals surface area contributed by atoms with Crippen LogP contribution in [-0.4, -0.2) is 21.0 Å². The molecule has 0 aliphatic carbocycles. The first-order valence-electron chi connectivity index (χ1n) is 6.36. The number of rotatable bonds is 5. The summed E-state index contributed by atoms with van der Waals surface area (Å²) in [5.41, 5.74) is 1.91. The number of aliphatic carboxylic acids is 1. The molecule has 0 amide bonds.